The molecule has 0 radical (unpaired) electrons. The van der Waals surface area contributed by atoms with Crippen molar-refractivity contribution in [2.75, 3.05) is 26.2 Å². The number of rotatable bonds is 6. The van der Waals surface area contributed by atoms with Crippen molar-refractivity contribution in [3.8, 4) is 0 Å². The zero-order chi connectivity index (χ0) is 18.7. The maximum Gasteiger partial charge on any atom is 0.303 e. The minimum absolute atomic E-state index is 0.0448. The number of amides is 1. The number of fused-ring (bicyclic) bond motifs is 1. The van der Waals surface area contributed by atoms with Crippen molar-refractivity contribution in [2.24, 2.45) is 0 Å². The van der Waals surface area contributed by atoms with Gasteiger partial charge in [0.2, 0.25) is 5.91 Å². The predicted molar refractivity (Wildman–Crippen MR) is 94.7 cm³/mol. The number of aryl methyl sites for hydroxylation is 1. The van der Waals surface area contributed by atoms with Crippen LogP contribution in [0.3, 0.4) is 0 Å². The number of hydrogen-bond acceptors (Lipinski definition) is 5. The topological polar surface area (TPSA) is 87.9 Å². The largest absolute Gasteiger partial charge is 0.481 e. The molecule has 1 amide bonds. The van der Waals surface area contributed by atoms with Crippen LogP contribution < -0.4 is 0 Å². The minimum Gasteiger partial charge on any atom is -0.481 e. The number of carbonyl (C=O) groups is 2. The van der Waals surface area contributed by atoms with E-state index < -0.39 is 5.97 Å². The van der Waals surface area contributed by atoms with Crippen LogP contribution in [0.25, 0.3) is 0 Å². The monoisotopic (exact) mass is 364 g/mol. The molecule has 8 nitrogen and oxygen atoms in total. The summed E-state index contributed by atoms with van der Waals surface area (Å²) in [5, 5.41) is 13.2. The Morgan fingerprint density at radius 2 is 2.15 bits per heavy atom. The van der Waals surface area contributed by atoms with Crippen LogP contribution in [0.2, 0.25) is 0 Å². The summed E-state index contributed by atoms with van der Waals surface area (Å²) < 4.78 is 7.67. The molecule has 1 aromatic rings. The standard InChI is InChI=1S/C18H28N4O4/c1-13(2)20-7-8-26-16(12-20)10-17(23)21-5-6-22-15(11-21)9-14(19-22)3-4-18(24)25/h9,13,16H,3-8,10-12H2,1-2H3,(H,24,25)/t16-/m1/s1. The first kappa shape index (κ1) is 18.8. The fourth-order valence-electron chi connectivity index (χ4n) is 3.55. The van der Waals surface area contributed by atoms with Gasteiger partial charge in [-0.05, 0) is 19.9 Å². The van der Waals surface area contributed by atoms with Gasteiger partial charge in [-0.2, -0.15) is 5.10 Å². The summed E-state index contributed by atoms with van der Waals surface area (Å²) in [5.41, 5.74) is 1.75. The number of aliphatic carboxylic acids is 1. The van der Waals surface area contributed by atoms with E-state index in [1.165, 1.54) is 0 Å². The molecule has 0 saturated carbocycles. The summed E-state index contributed by atoms with van der Waals surface area (Å²) in [5.74, 6) is -0.712. The number of carboxylic acids is 1. The van der Waals surface area contributed by atoms with Gasteiger partial charge in [0.15, 0.2) is 0 Å². The van der Waals surface area contributed by atoms with Gasteiger partial charge in [-0.15, -0.1) is 0 Å². The molecule has 8 heteroatoms. The lowest BCUT2D eigenvalue weighted by Crippen LogP contribution is -2.48. The van der Waals surface area contributed by atoms with Gasteiger partial charge >= 0.3 is 5.97 Å². The number of carbonyl (C=O) groups excluding carboxylic acids is 1. The minimum atomic E-state index is -0.823. The molecule has 1 aromatic heterocycles. The molecule has 26 heavy (non-hydrogen) atoms. The van der Waals surface area contributed by atoms with E-state index in [0.717, 1.165) is 24.5 Å². The van der Waals surface area contributed by atoms with Crippen LogP contribution in [-0.2, 0) is 33.8 Å². The highest BCUT2D eigenvalue weighted by atomic mass is 16.5. The third kappa shape index (κ3) is 4.62. The van der Waals surface area contributed by atoms with E-state index in [9.17, 15) is 9.59 Å². The van der Waals surface area contributed by atoms with Crippen molar-refractivity contribution in [3.05, 3.63) is 17.5 Å². The van der Waals surface area contributed by atoms with E-state index in [0.29, 0.717) is 45.1 Å². The Bertz CT molecular complexity index is 658. The van der Waals surface area contributed by atoms with Crippen molar-refractivity contribution >= 4 is 11.9 Å². The summed E-state index contributed by atoms with van der Waals surface area (Å²) in [6.07, 6.45) is 0.856. The Morgan fingerprint density at radius 1 is 1.35 bits per heavy atom. The van der Waals surface area contributed by atoms with Crippen molar-refractivity contribution in [1.82, 2.24) is 19.6 Å². The van der Waals surface area contributed by atoms with Gasteiger partial charge in [0.1, 0.15) is 0 Å². The summed E-state index contributed by atoms with van der Waals surface area (Å²) in [7, 11) is 0. The Morgan fingerprint density at radius 3 is 2.88 bits per heavy atom. The molecule has 0 unspecified atom stereocenters. The number of morpholine rings is 1. The summed E-state index contributed by atoms with van der Waals surface area (Å²) >= 11 is 0. The third-order valence-corrected chi connectivity index (χ3v) is 5.10. The molecule has 2 aliphatic rings. The average Bonchev–Trinajstić information content (AvgIpc) is 3.02. The molecule has 1 fully saturated rings. The summed E-state index contributed by atoms with van der Waals surface area (Å²) in [6, 6.07) is 2.38. The highest BCUT2D eigenvalue weighted by Gasteiger charge is 2.28. The van der Waals surface area contributed by atoms with Crippen molar-refractivity contribution in [1.29, 1.82) is 0 Å². The van der Waals surface area contributed by atoms with E-state index in [1.807, 2.05) is 15.6 Å². The van der Waals surface area contributed by atoms with Crippen LogP contribution in [0, 0.1) is 0 Å². The molecule has 0 bridgehead atoms. The van der Waals surface area contributed by atoms with Crippen LogP contribution in [0.5, 0.6) is 0 Å². The number of nitrogens with zero attached hydrogens (tertiary/aromatic N) is 4. The van der Waals surface area contributed by atoms with Gasteiger partial charge in [-0.1, -0.05) is 0 Å². The van der Waals surface area contributed by atoms with Crippen molar-refractivity contribution < 1.29 is 19.4 Å². The quantitative estimate of drug-likeness (QED) is 0.801. The number of aromatic nitrogens is 2. The molecule has 3 rings (SSSR count). The predicted octanol–water partition coefficient (Wildman–Crippen LogP) is 0.742. The van der Waals surface area contributed by atoms with E-state index >= 15 is 0 Å². The molecule has 1 N–H and O–H groups in total. The lowest BCUT2D eigenvalue weighted by atomic mass is 10.1. The first-order chi connectivity index (χ1) is 12.4. The molecule has 2 aliphatic heterocycles. The summed E-state index contributed by atoms with van der Waals surface area (Å²) in [4.78, 5) is 27.6. The molecule has 0 aliphatic carbocycles. The molecule has 0 spiro atoms. The van der Waals surface area contributed by atoms with Crippen LogP contribution in [0.4, 0.5) is 0 Å². The number of hydrogen-bond donors (Lipinski definition) is 1. The van der Waals surface area contributed by atoms with Crippen LogP contribution in [0.15, 0.2) is 6.07 Å². The molecular formula is C18H28N4O4. The van der Waals surface area contributed by atoms with E-state index in [-0.39, 0.29) is 18.4 Å². The number of carboxylic acid groups (broad SMARTS) is 1. The van der Waals surface area contributed by atoms with Crippen LogP contribution >= 0.6 is 0 Å². The Balaban J connectivity index is 1.54. The summed E-state index contributed by atoms with van der Waals surface area (Å²) in [6.45, 7) is 8.54. The molecule has 1 atom stereocenters. The molecule has 3 heterocycles. The normalized spacial score (nSPS) is 21.0. The molecule has 0 aromatic carbocycles. The second-order valence-electron chi connectivity index (χ2n) is 7.34. The number of ether oxygens (including phenoxy) is 1. The molecule has 1 saturated heterocycles. The lowest BCUT2D eigenvalue weighted by molar-refractivity contribution is -0.138. The fraction of sp³-hybridized carbons (Fsp3) is 0.722. The van der Waals surface area contributed by atoms with Gasteiger partial charge in [0, 0.05) is 32.1 Å². The Kier molecular flexibility index (Phi) is 5.93. The first-order valence-corrected chi connectivity index (χ1v) is 9.33. The van der Waals surface area contributed by atoms with Crippen LogP contribution in [0.1, 0.15) is 38.1 Å². The van der Waals surface area contributed by atoms with Crippen molar-refractivity contribution in [2.45, 2.75) is 58.3 Å². The van der Waals surface area contributed by atoms with Gasteiger partial charge < -0.3 is 14.7 Å². The Labute approximate surface area is 153 Å². The van der Waals surface area contributed by atoms with Gasteiger partial charge in [0.05, 0.1) is 50.0 Å². The Hall–Kier alpha value is -1.93. The maximum atomic E-state index is 12.7. The van der Waals surface area contributed by atoms with E-state index in [2.05, 4.69) is 23.8 Å². The third-order valence-electron chi connectivity index (χ3n) is 5.10. The smallest absolute Gasteiger partial charge is 0.303 e. The zero-order valence-electron chi connectivity index (χ0n) is 15.6. The highest BCUT2D eigenvalue weighted by Crippen LogP contribution is 2.18. The van der Waals surface area contributed by atoms with Gasteiger partial charge in [-0.3, -0.25) is 19.2 Å². The highest BCUT2D eigenvalue weighted by molar-refractivity contribution is 5.76. The second-order valence-corrected chi connectivity index (χ2v) is 7.34. The SMILES string of the molecule is CC(C)N1CCO[C@H](CC(=O)N2CCn3nc(CCC(=O)O)cc3C2)C1. The van der Waals surface area contributed by atoms with E-state index in [1.54, 1.807) is 0 Å². The van der Waals surface area contributed by atoms with Gasteiger partial charge in [-0.25, -0.2) is 0 Å². The molecule has 144 valence electrons. The lowest BCUT2D eigenvalue weighted by Gasteiger charge is -2.36. The van der Waals surface area contributed by atoms with E-state index in [4.69, 9.17) is 9.84 Å². The second kappa shape index (κ2) is 8.18. The molecular weight excluding hydrogens is 336 g/mol. The fourth-order valence-corrected chi connectivity index (χ4v) is 3.55. The van der Waals surface area contributed by atoms with Crippen molar-refractivity contribution in [3.63, 3.8) is 0 Å². The first-order valence-electron chi connectivity index (χ1n) is 9.33. The average molecular weight is 364 g/mol. The zero-order valence-corrected chi connectivity index (χ0v) is 15.6. The van der Waals surface area contributed by atoms with Gasteiger partial charge in [0.25, 0.3) is 0 Å². The maximum absolute atomic E-state index is 12.7. The van der Waals surface area contributed by atoms with Crippen LogP contribution in [-0.4, -0.2) is 75.0 Å².